The molecule has 5 aromatic rings. The molecule has 39 heavy (non-hydrogen) atoms. The van der Waals surface area contributed by atoms with Crippen molar-refractivity contribution >= 4 is 21.7 Å². The number of anilines is 2. The number of benzene rings is 3. The zero-order valence-corrected chi connectivity index (χ0v) is 23.2. The van der Waals surface area contributed by atoms with Gasteiger partial charge in [0.1, 0.15) is 11.4 Å². The Hall–Kier alpha value is -4.50. The summed E-state index contributed by atoms with van der Waals surface area (Å²) in [5.41, 5.74) is 16.4. The Morgan fingerprint density at radius 1 is 0.821 bits per heavy atom. The number of sulfonamides is 1. The molecule has 196 valence electrons. The first-order valence-electron chi connectivity index (χ1n) is 12.6. The highest BCUT2D eigenvalue weighted by Gasteiger charge is 2.36. The van der Waals surface area contributed by atoms with E-state index in [9.17, 15) is 8.42 Å². The van der Waals surface area contributed by atoms with E-state index >= 15 is 0 Å². The molecule has 3 aromatic carbocycles. The number of nitrogen functional groups attached to an aromatic ring is 1. The van der Waals surface area contributed by atoms with Crippen LogP contribution < -0.4 is 10.0 Å². The van der Waals surface area contributed by atoms with Crippen LogP contribution in [-0.2, 0) is 10.0 Å². The number of aromatic nitrogens is 4. The van der Waals surface area contributed by atoms with Gasteiger partial charge in [-0.3, -0.25) is 4.31 Å². The van der Waals surface area contributed by atoms with Crippen LogP contribution >= 0.6 is 0 Å². The molecule has 0 bridgehead atoms. The Balaban J connectivity index is 1.41. The van der Waals surface area contributed by atoms with E-state index in [2.05, 4.69) is 42.9 Å². The highest BCUT2D eigenvalue weighted by molar-refractivity contribution is 7.93. The van der Waals surface area contributed by atoms with Gasteiger partial charge in [-0.05, 0) is 63.1 Å². The summed E-state index contributed by atoms with van der Waals surface area (Å²) in [6.07, 6.45) is 0. The lowest BCUT2D eigenvalue weighted by atomic mass is 9.96. The van der Waals surface area contributed by atoms with Gasteiger partial charge in [0.05, 0.1) is 27.7 Å². The van der Waals surface area contributed by atoms with Gasteiger partial charge < -0.3 is 5.73 Å². The molecule has 1 aliphatic rings. The molecule has 0 spiro atoms. The first-order chi connectivity index (χ1) is 18.6. The summed E-state index contributed by atoms with van der Waals surface area (Å²) < 4.78 is 29.4. The molecule has 0 saturated heterocycles. The molecule has 0 aliphatic carbocycles. The lowest BCUT2D eigenvalue weighted by molar-refractivity contribution is 0.594. The monoisotopic (exact) mass is 536 g/mol. The molecule has 0 atom stereocenters. The number of aryl methyl sites for hydroxylation is 3. The Morgan fingerprint density at radius 2 is 1.46 bits per heavy atom. The summed E-state index contributed by atoms with van der Waals surface area (Å²) in [4.78, 5) is 9.29. The highest BCUT2D eigenvalue weighted by Crippen LogP contribution is 2.44. The fourth-order valence-electron chi connectivity index (χ4n) is 5.56. The van der Waals surface area contributed by atoms with Gasteiger partial charge in [-0.25, -0.2) is 23.1 Å². The van der Waals surface area contributed by atoms with Gasteiger partial charge in [0.25, 0.3) is 10.0 Å². The van der Waals surface area contributed by atoms with Crippen LogP contribution in [0.2, 0.25) is 0 Å². The Bertz CT molecular complexity index is 1870. The van der Waals surface area contributed by atoms with Gasteiger partial charge in [0, 0.05) is 23.7 Å². The lowest BCUT2D eigenvalue weighted by Crippen LogP contribution is -2.30. The van der Waals surface area contributed by atoms with E-state index in [1.807, 2.05) is 43.3 Å². The topological polar surface area (TPSA) is 107 Å². The number of nitrogens with two attached hydrogens (primary N) is 1. The lowest BCUT2D eigenvalue weighted by Gasteiger charge is -2.26. The molecule has 9 heteroatoms. The van der Waals surface area contributed by atoms with Gasteiger partial charge in [-0.2, -0.15) is 5.10 Å². The van der Waals surface area contributed by atoms with Crippen molar-refractivity contribution in [1.29, 1.82) is 0 Å². The van der Waals surface area contributed by atoms with Crippen molar-refractivity contribution < 1.29 is 8.42 Å². The maximum absolute atomic E-state index is 13.1. The zero-order chi connectivity index (χ0) is 27.6. The minimum absolute atomic E-state index is 0.212. The molecule has 1 aliphatic heterocycles. The van der Waals surface area contributed by atoms with Crippen molar-refractivity contribution in [2.45, 2.75) is 32.6 Å². The van der Waals surface area contributed by atoms with Crippen molar-refractivity contribution in [2.75, 3.05) is 17.1 Å². The minimum atomic E-state index is -3.65. The quantitative estimate of drug-likeness (QED) is 0.321. The summed E-state index contributed by atoms with van der Waals surface area (Å²) in [7, 11) is -2.08. The molecule has 8 nitrogen and oxygen atoms in total. The van der Waals surface area contributed by atoms with Crippen LogP contribution in [0.4, 0.5) is 11.6 Å². The third-order valence-corrected chi connectivity index (χ3v) is 9.08. The predicted octanol–water partition coefficient (Wildman–Crippen LogP) is 5.62. The fourth-order valence-corrected chi connectivity index (χ4v) is 7.01. The van der Waals surface area contributed by atoms with Crippen molar-refractivity contribution in [3.05, 3.63) is 89.1 Å². The fraction of sp³-hybridized carbons (Fsp3) is 0.167. The summed E-state index contributed by atoms with van der Waals surface area (Å²) in [5.74, 6) is 0.212. The van der Waals surface area contributed by atoms with Crippen LogP contribution in [-0.4, -0.2) is 35.2 Å². The molecule has 0 unspecified atom stereocenters. The van der Waals surface area contributed by atoms with Crippen molar-refractivity contribution in [1.82, 2.24) is 19.7 Å². The number of nitrogens with zero attached hydrogens (tertiary/aromatic N) is 5. The standard InChI is InChI=1S/C30H28N6O2S/c1-17-14-18(2)27(19(3)15-17)25-16-24(32-30(31)33-25)21-10-12-22(13-11-21)36-20(4)29-28(34-36)23-8-6-7-9-26(23)39(37,38)35(29)5/h6-16H,1-5H3,(H2,31,32,33). The second kappa shape index (κ2) is 8.78. The van der Waals surface area contributed by atoms with Crippen molar-refractivity contribution in [3.63, 3.8) is 0 Å². The van der Waals surface area contributed by atoms with Gasteiger partial charge in [-0.15, -0.1) is 0 Å². The van der Waals surface area contributed by atoms with E-state index in [4.69, 9.17) is 10.8 Å². The number of rotatable bonds is 3. The minimum Gasteiger partial charge on any atom is -0.368 e. The number of hydrogen-bond donors (Lipinski definition) is 1. The third kappa shape index (κ3) is 3.88. The Kier molecular flexibility index (Phi) is 5.58. The molecule has 0 saturated carbocycles. The summed E-state index contributed by atoms with van der Waals surface area (Å²) in [6.45, 7) is 8.12. The second-order valence-corrected chi connectivity index (χ2v) is 11.9. The molecule has 3 heterocycles. The van der Waals surface area contributed by atoms with Gasteiger partial charge in [-0.1, -0.05) is 48.0 Å². The maximum atomic E-state index is 13.1. The summed E-state index contributed by atoms with van der Waals surface area (Å²) in [6, 6.07) is 21.0. The van der Waals surface area contributed by atoms with E-state index in [1.54, 1.807) is 29.9 Å². The molecule has 6 rings (SSSR count). The van der Waals surface area contributed by atoms with E-state index in [0.29, 0.717) is 16.9 Å². The second-order valence-electron chi connectivity index (χ2n) is 9.98. The third-order valence-electron chi connectivity index (χ3n) is 7.26. The smallest absolute Gasteiger partial charge is 0.264 e. The zero-order valence-electron chi connectivity index (χ0n) is 22.4. The maximum Gasteiger partial charge on any atom is 0.264 e. The molecule has 2 N–H and O–H groups in total. The number of fused-ring (bicyclic) bond motifs is 3. The average Bonchev–Trinajstić information content (AvgIpc) is 3.24. The van der Waals surface area contributed by atoms with Gasteiger partial charge in [0.2, 0.25) is 5.95 Å². The SMILES string of the molecule is Cc1cc(C)c(-c2cc(-c3ccc(-n4nc5c(c4C)N(C)S(=O)(=O)c4ccccc4-5)cc3)nc(N)n2)c(C)c1. The van der Waals surface area contributed by atoms with E-state index < -0.39 is 10.0 Å². The van der Waals surface area contributed by atoms with E-state index in [-0.39, 0.29) is 10.8 Å². The van der Waals surface area contributed by atoms with Crippen LogP contribution in [0.3, 0.4) is 0 Å². The van der Waals surface area contributed by atoms with Crippen LogP contribution in [0.1, 0.15) is 22.4 Å². The molecular formula is C30H28N6O2S. The van der Waals surface area contributed by atoms with Crippen LogP contribution in [0.25, 0.3) is 39.5 Å². The molecular weight excluding hydrogens is 508 g/mol. The first-order valence-corrected chi connectivity index (χ1v) is 14.0. The van der Waals surface area contributed by atoms with Crippen molar-refractivity contribution in [3.8, 4) is 39.5 Å². The molecule has 0 fully saturated rings. The van der Waals surface area contributed by atoms with Gasteiger partial charge in [0.15, 0.2) is 0 Å². The molecule has 2 aromatic heterocycles. The first kappa shape index (κ1) is 24.8. The van der Waals surface area contributed by atoms with Crippen LogP contribution in [0.15, 0.2) is 71.6 Å². The van der Waals surface area contributed by atoms with Gasteiger partial charge >= 0.3 is 0 Å². The predicted molar refractivity (Wildman–Crippen MR) is 154 cm³/mol. The highest BCUT2D eigenvalue weighted by atomic mass is 32.2. The van der Waals surface area contributed by atoms with Crippen LogP contribution in [0, 0.1) is 27.7 Å². The Morgan fingerprint density at radius 3 is 2.15 bits per heavy atom. The molecule has 0 amide bonds. The molecule has 0 radical (unpaired) electrons. The van der Waals surface area contributed by atoms with Crippen LogP contribution in [0.5, 0.6) is 0 Å². The van der Waals surface area contributed by atoms with Crippen molar-refractivity contribution in [2.24, 2.45) is 0 Å². The number of hydrogen-bond acceptors (Lipinski definition) is 6. The normalized spacial score (nSPS) is 13.7. The Labute approximate surface area is 227 Å². The summed E-state index contributed by atoms with van der Waals surface area (Å²) in [5, 5.41) is 4.84. The largest absolute Gasteiger partial charge is 0.368 e. The van der Waals surface area contributed by atoms with E-state index in [1.165, 1.54) is 9.87 Å². The average molecular weight is 537 g/mol. The van der Waals surface area contributed by atoms with E-state index in [0.717, 1.165) is 45.0 Å². The summed E-state index contributed by atoms with van der Waals surface area (Å²) >= 11 is 0.